The predicted octanol–water partition coefficient (Wildman–Crippen LogP) is 1.90. The van der Waals surface area contributed by atoms with Crippen molar-refractivity contribution in [1.82, 2.24) is 15.1 Å². The van der Waals surface area contributed by atoms with E-state index in [1.54, 1.807) is 18.3 Å². The van der Waals surface area contributed by atoms with Crippen LogP contribution in [0, 0.1) is 6.92 Å². The Morgan fingerprint density at radius 3 is 2.65 bits per heavy atom. The maximum absolute atomic E-state index is 12.1. The zero-order valence-corrected chi connectivity index (χ0v) is 14.9. The first-order valence-electron chi connectivity index (χ1n) is 7.90. The van der Waals surface area contributed by atoms with E-state index in [0.29, 0.717) is 0 Å². The van der Waals surface area contributed by atoms with Gasteiger partial charge in [-0.05, 0) is 25.1 Å². The Balaban J connectivity index is 1.56. The first-order valence-corrected chi connectivity index (χ1v) is 9.38. The molecule has 0 aliphatic rings. The van der Waals surface area contributed by atoms with Crippen molar-refractivity contribution in [3.8, 4) is 0 Å². The highest BCUT2D eigenvalue weighted by Gasteiger charge is 2.14. The van der Waals surface area contributed by atoms with Gasteiger partial charge in [-0.15, -0.1) is 0 Å². The van der Waals surface area contributed by atoms with Crippen LogP contribution >= 0.6 is 0 Å². The maximum Gasteiger partial charge on any atom is 0.255 e. The van der Waals surface area contributed by atoms with E-state index in [1.165, 1.54) is 18.3 Å². The van der Waals surface area contributed by atoms with Crippen LogP contribution in [-0.4, -0.2) is 32.1 Å². The average molecular weight is 370 g/mol. The van der Waals surface area contributed by atoms with Crippen molar-refractivity contribution in [2.75, 3.05) is 6.54 Å². The quantitative estimate of drug-likeness (QED) is 0.456. The SMILES string of the molecule is Cc1ccc(S(=O)(=O)NCC(=O)N/N=C/c2c[nH]c3ccccc23)cc1. The van der Waals surface area contributed by atoms with Crippen LogP contribution in [-0.2, 0) is 14.8 Å². The summed E-state index contributed by atoms with van der Waals surface area (Å²) in [6, 6.07) is 14.1. The van der Waals surface area contributed by atoms with Crippen LogP contribution in [0.25, 0.3) is 10.9 Å². The van der Waals surface area contributed by atoms with Gasteiger partial charge in [0.1, 0.15) is 0 Å². The second-order valence-corrected chi connectivity index (χ2v) is 7.49. The van der Waals surface area contributed by atoms with Crippen molar-refractivity contribution in [3.63, 3.8) is 0 Å². The molecule has 0 fully saturated rings. The normalized spacial score (nSPS) is 11.9. The Morgan fingerprint density at radius 1 is 1.15 bits per heavy atom. The smallest absolute Gasteiger partial charge is 0.255 e. The van der Waals surface area contributed by atoms with Crippen molar-refractivity contribution < 1.29 is 13.2 Å². The van der Waals surface area contributed by atoms with Crippen LogP contribution in [0.3, 0.4) is 0 Å². The van der Waals surface area contributed by atoms with E-state index >= 15 is 0 Å². The van der Waals surface area contributed by atoms with E-state index in [0.717, 1.165) is 22.0 Å². The molecule has 7 nitrogen and oxygen atoms in total. The molecule has 1 aromatic heterocycles. The van der Waals surface area contributed by atoms with Gasteiger partial charge in [-0.25, -0.2) is 18.6 Å². The highest BCUT2D eigenvalue weighted by Crippen LogP contribution is 2.15. The van der Waals surface area contributed by atoms with Crippen molar-refractivity contribution in [2.24, 2.45) is 5.10 Å². The number of nitrogens with zero attached hydrogens (tertiary/aromatic N) is 1. The second kappa shape index (κ2) is 7.51. The highest BCUT2D eigenvalue weighted by molar-refractivity contribution is 7.89. The molecule has 134 valence electrons. The first kappa shape index (κ1) is 17.8. The number of H-pyrrole nitrogens is 1. The summed E-state index contributed by atoms with van der Waals surface area (Å²) in [5.74, 6) is -0.559. The van der Waals surface area contributed by atoms with Gasteiger partial charge in [0.2, 0.25) is 10.0 Å². The fourth-order valence-electron chi connectivity index (χ4n) is 2.38. The van der Waals surface area contributed by atoms with Crippen LogP contribution in [0.5, 0.6) is 0 Å². The summed E-state index contributed by atoms with van der Waals surface area (Å²) >= 11 is 0. The molecule has 3 N–H and O–H groups in total. The number of amides is 1. The minimum Gasteiger partial charge on any atom is -0.361 e. The molecule has 0 atom stereocenters. The zero-order valence-electron chi connectivity index (χ0n) is 14.1. The molecule has 0 spiro atoms. The van der Waals surface area contributed by atoms with Gasteiger partial charge in [0.05, 0.1) is 17.7 Å². The number of hydrogen-bond donors (Lipinski definition) is 3. The van der Waals surface area contributed by atoms with Crippen LogP contribution in [0.1, 0.15) is 11.1 Å². The number of aromatic amines is 1. The lowest BCUT2D eigenvalue weighted by Gasteiger charge is -2.06. The summed E-state index contributed by atoms with van der Waals surface area (Å²) in [4.78, 5) is 15.0. The molecular weight excluding hydrogens is 352 g/mol. The molecule has 0 bridgehead atoms. The number of fused-ring (bicyclic) bond motifs is 1. The fourth-order valence-corrected chi connectivity index (χ4v) is 3.36. The number of para-hydroxylation sites is 1. The minimum absolute atomic E-state index is 0.109. The molecular formula is C18H18N4O3S. The summed E-state index contributed by atoms with van der Waals surface area (Å²) in [6.45, 7) is 1.46. The van der Waals surface area contributed by atoms with Crippen molar-refractivity contribution in [3.05, 3.63) is 65.9 Å². The predicted molar refractivity (Wildman–Crippen MR) is 100 cm³/mol. The van der Waals surface area contributed by atoms with Gasteiger partial charge in [-0.2, -0.15) is 5.10 Å². The molecule has 0 saturated carbocycles. The van der Waals surface area contributed by atoms with Gasteiger partial charge in [0.15, 0.2) is 0 Å². The maximum atomic E-state index is 12.1. The topological polar surface area (TPSA) is 103 Å². The van der Waals surface area contributed by atoms with E-state index in [-0.39, 0.29) is 4.90 Å². The number of carbonyl (C=O) groups excluding carboxylic acids is 1. The van der Waals surface area contributed by atoms with Gasteiger partial charge in [0.25, 0.3) is 5.91 Å². The molecule has 1 heterocycles. The minimum atomic E-state index is -3.74. The third-order valence-corrected chi connectivity index (χ3v) is 5.19. The number of aryl methyl sites for hydroxylation is 1. The third kappa shape index (κ3) is 4.16. The van der Waals surface area contributed by atoms with Crippen LogP contribution in [0.2, 0.25) is 0 Å². The highest BCUT2D eigenvalue weighted by atomic mass is 32.2. The molecule has 3 rings (SSSR count). The van der Waals surface area contributed by atoms with Gasteiger partial charge >= 0.3 is 0 Å². The lowest BCUT2D eigenvalue weighted by molar-refractivity contribution is -0.119. The molecule has 8 heteroatoms. The fraction of sp³-hybridized carbons (Fsp3) is 0.111. The van der Waals surface area contributed by atoms with Crippen LogP contribution in [0.4, 0.5) is 0 Å². The summed E-state index contributed by atoms with van der Waals surface area (Å²) in [7, 11) is -3.74. The van der Waals surface area contributed by atoms with Crippen LogP contribution in [0.15, 0.2) is 64.7 Å². The number of hydrogen-bond acceptors (Lipinski definition) is 4. The monoisotopic (exact) mass is 370 g/mol. The molecule has 0 aliphatic carbocycles. The molecule has 26 heavy (non-hydrogen) atoms. The van der Waals surface area contributed by atoms with Gasteiger partial charge < -0.3 is 4.98 Å². The average Bonchev–Trinajstić information content (AvgIpc) is 3.04. The molecule has 1 amide bonds. The summed E-state index contributed by atoms with van der Waals surface area (Å²) in [5, 5.41) is 4.85. The lowest BCUT2D eigenvalue weighted by atomic mass is 10.2. The molecule has 0 saturated heterocycles. The molecule has 0 aliphatic heterocycles. The Kier molecular flexibility index (Phi) is 5.15. The summed E-state index contributed by atoms with van der Waals surface area (Å²) < 4.78 is 26.5. The summed E-state index contributed by atoms with van der Waals surface area (Å²) in [5.41, 5.74) is 5.05. The Morgan fingerprint density at radius 2 is 1.88 bits per heavy atom. The Hall–Kier alpha value is -2.97. The van der Waals surface area contributed by atoms with Crippen molar-refractivity contribution in [2.45, 2.75) is 11.8 Å². The largest absolute Gasteiger partial charge is 0.361 e. The first-order chi connectivity index (χ1) is 12.5. The molecule has 3 aromatic rings. The standard InChI is InChI=1S/C18H18N4O3S/c1-13-6-8-15(9-7-13)26(24,25)21-12-18(23)22-20-11-14-10-19-17-5-3-2-4-16(14)17/h2-11,19,21H,12H2,1H3,(H,22,23)/b20-11+. The number of benzene rings is 2. The number of sulfonamides is 1. The molecule has 0 radical (unpaired) electrons. The molecule has 2 aromatic carbocycles. The van der Waals surface area contributed by atoms with Gasteiger partial charge in [-0.1, -0.05) is 35.9 Å². The Labute approximate surface area is 151 Å². The molecule has 0 unspecified atom stereocenters. The number of hydrazone groups is 1. The lowest BCUT2D eigenvalue weighted by Crippen LogP contribution is -2.34. The van der Waals surface area contributed by atoms with E-state index in [4.69, 9.17) is 0 Å². The number of rotatable bonds is 6. The van der Waals surface area contributed by atoms with Crippen molar-refractivity contribution >= 4 is 33.0 Å². The van der Waals surface area contributed by atoms with Gasteiger partial charge in [0, 0.05) is 22.7 Å². The Bertz CT molecular complexity index is 1050. The summed E-state index contributed by atoms with van der Waals surface area (Å²) in [6.07, 6.45) is 3.28. The number of aromatic nitrogens is 1. The van der Waals surface area contributed by atoms with Crippen LogP contribution < -0.4 is 10.1 Å². The third-order valence-electron chi connectivity index (χ3n) is 3.77. The number of nitrogens with one attached hydrogen (secondary N) is 3. The second-order valence-electron chi connectivity index (χ2n) is 5.72. The van der Waals surface area contributed by atoms with Gasteiger partial charge in [-0.3, -0.25) is 4.79 Å². The number of carbonyl (C=O) groups is 1. The van der Waals surface area contributed by atoms with Crippen molar-refractivity contribution in [1.29, 1.82) is 0 Å². The zero-order chi connectivity index (χ0) is 18.6. The van der Waals surface area contributed by atoms with E-state index < -0.39 is 22.5 Å². The van der Waals surface area contributed by atoms with E-state index in [2.05, 4.69) is 20.2 Å². The van der Waals surface area contributed by atoms with E-state index in [1.807, 2.05) is 31.2 Å². The van der Waals surface area contributed by atoms with E-state index in [9.17, 15) is 13.2 Å².